The highest BCUT2D eigenvalue weighted by Gasteiger charge is 2.01. The number of guanidine groups is 1. The lowest BCUT2D eigenvalue weighted by molar-refractivity contribution is 0.929. The van der Waals surface area contributed by atoms with Crippen molar-refractivity contribution in [2.75, 3.05) is 11.9 Å². The van der Waals surface area contributed by atoms with E-state index in [2.05, 4.69) is 22.2 Å². The Balaban J connectivity index is 2.30. The van der Waals surface area contributed by atoms with Gasteiger partial charge in [-0.1, -0.05) is 19.1 Å². The molecule has 0 radical (unpaired) electrons. The fraction of sp³-hybridized carbons (Fsp3) is 0.231. The minimum atomic E-state index is 0.447. The molecule has 4 heteroatoms. The molecule has 0 aliphatic carbocycles. The lowest BCUT2D eigenvalue weighted by Gasteiger charge is -2.08. The van der Waals surface area contributed by atoms with E-state index >= 15 is 0 Å². The molecule has 3 N–H and O–H groups in total. The topological polar surface area (TPSA) is 63.3 Å². The number of benzene rings is 1. The molecule has 17 heavy (non-hydrogen) atoms. The number of pyridine rings is 1. The van der Waals surface area contributed by atoms with Crippen LogP contribution < -0.4 is 11.1 Å². The second-order valence-electron chi connectivity index (χ2n) is 3.79. The first-order valence-electron chi connectivity index (χ1n) is 5.71. The Hall–Kier alpha value is -2.10. The molecule has 0 fully saturated rings. The zero-order valence-electron chi connectivity index (χ0n) is 9.85. The van der Waals surface area contributed by atoms with Crippen LogP contribution >= 0.6 is 0 Å². The van der Waals surface area contributed by atoms with E-state index in [1.54, 1.807) is 6.20 Å². The van der Waals surface area contributed by atoms with E-state index in [4.69, 9.17) is 5.73 Å². The molecule has 0 amide bonds. The summed E-state index contributed by atoms with van der Waals surface area (Å²) in [7, 11) is 0. The predicted molar refractivity (Wildman–Crippen MR) is 72.1 cm³/mol. The smallest absolute Gasteiger partial charge is 0.193 e. The van der Waals surface area contributed by atoms with Crippen LogP contribution in [0.1, 0.15) is 13.3 Å². The number of hydrogen-bond acceptors (Lipinski definition) is 2. The van der Waals surface area contributed by atoms with Crippen LogP contribution in [0.3, 0.4) is 0 Å². The highest BCUT2D eigenvalue weighted by atomic mass is 15.1. The third-order valence-corrected chi connectivity index (χ3v) is 2.45. The summed E-state index contributed by atoms with van der Waals surface area (Å²) in [6, 6.07) is 7.97. The van der Waals surface area contributed by atoms with Crippen molar-refractivity contribution in [3.8, 4) is 0 Å². The number of nitrogens with zero attached hydrogens (tertiary/aromatic N) is 2. The number of fused-ring (bicyclic) bond motifs is 1. The Bertz CT molecular complexity index is 528. The summed E-state index contributed by atoms with van der Waals surface area (Å²) < 4.78 is 0. The van der Waals surface area contributed by atoms with Crippen LogP contribution in [-0.2, 0) is 0 Å². The van der Waals surface area contributed by atoms with Gasteiger partial charge in [-0.25, -0.2) is 0 Å². The monoisotopic (exact) mass is 228 g/mol. The Labute approximate surface area is 101 Å². The van der Waals surface area contributed by atoms with Crippen molar-refractivity contribution < 1.29 is 0 Å². The Kier molecular flexibility index (Phi) is 3.55. The molecule has 1 heterocycles. The predicted octanol–water partition coefficient (Wildman–Crippen LogP) is 2.37. The maximum Gasteiger partial charge on any atom is 0.193 e. The quantitative estimate of drug-likeness (QED) is 0.626. The van der Waals surface area contributed by atoms with E-state index in [-0.39, 0.29) is 0 Å². The van der Waals surface area contributed by atoms with Crippen molar-refractivity contribution in [1.82, 2.24) is 4.98 Å². The number of nitrogens with one attached hydrogen (secondary N) is 1. The van der Waals surface area contributed by atoms with Crippen LogP contribution in [0.2, 0.25) is 0 Å². The molecule has 0 bridgehead atoms. The van der Waals surface area contributed by atoms with Crippen LogP contribution in [0.15, 0.2) is 41.7 Å². The number of hydrogen-bond donors (Lipinski definition) is 2. The molecular formula is C13H16N4. The third-order valence-electron chi connectivity index (χ3n) is 2.45. The number of aromatic nitrogens is 1. The van der Waals surface area contributed by atoms with Gasteiger partial charge in [0.05, 0.1) is 5.69 Å². The Morgan fingerprint density at radius 2 is 2.29 bits per heavy atom. The summed E-state index contributed by atoms with van der Waals surface area (Å²) in [4.78, 5) is 8.33. The van der Waals surface area contributed by atoms with Gasteiger partial charge in [0.2, 0.25) is 0 Å². The van der Waals surface area contributed by atoms with Crippen LogP contribution in [0.25, 0.3) is 10.8 Å². The standard InChI is InChI=1S/C13H16N4/c1-2-7-16-13(14)17-12-5-3-4-10-6-8-15-9-11(10)12/h3-6,8-9H,2,7H2,1H3,(H3,14,16,17). The summed E-state index contributed by atoms with van der Waals surface area (Å²) in [5, 5.41) is 5.29. The van der Waals surface area contributed by atoms with Crippen molar-refractivity contribution in [2.45, 2.75) is 13.3 Å². The number of anilines is 1. The zero-order valence-corrected chi connectivity index (χ0v) is 9.85. The summed E-state index contributed by atoms with van der Waals surface area (Å²) in [5.74, 6) is 0.447. The van der Waals surface area contributed by atoms with Gasteiger partial charge in [-0.15, -0.1) is 0 Å². The molecule has 4 nitrogen and oxygen atoms in total. The number of nitrogens with two attached hydrogens (primary N) is 1. The van der Waals surface area contributed by atoms with E-state index in [1.807, 2.05) is 30.5 Å². The van der Waals surface area contributed by atoms with Gasteiger partial charge in [0.1, 0.15) is 0 Å². The minimum Gasteiger partial charge on any atom is -0.370 e. The summed E-state index contributed by atoms with van der Waals surface area (Å²) >= 11 is 0. The molecule has 0 aliphatic heterocycles. The van der Waals surface area contributed by atoms with E-state index < -0.39 is 0 Å². The van der Waals surface area contributed by atoms with E-state index in [0.717, 1.165) is 29.4 Å². The zero-order chi connectivity index (χ0) is 12.1. The lowest BCUT2D eigenvalue weighted by atomic mass is 10.1. The molecular weight excluding hydrogens is 212 g/mol. The Morgan fingerprint density at radius 1 is 1.41 bits per heavy atom. The van der Waals surface area contributed by atoms with Gasteiger partial charge in [0.15, 0.2) is 5.96 Å². The molecule has 0 unspecified atom stereocenters. The molecule has 0 saturated heterocycles. The molecule has 2 rings (SSSR count). The van der Waals surface area contributed by atoms with Crippen LogP contribution in [0.5, 0.6) is 0 Å². The maximum absolute atomic E-state index is 5.80. The van der Waals surface area contributed by atoms with Crippen molar-refractivity contribution >= 4 is 22.4 Å². The highest BCUT2D eigenvalue weighted by molar-refractivity contribution is 6.02. The van der Waals surface area contributed by atoms with Gasteiger partial charge < -0.3 is 11.1 Å². The minimum absolute atomic E-state index is 0.447. The molecule has 0 atom stereocenters. The molecule has 0 saturated carbocycles. The highest BCUT2D eigenvalue weighted by Crippen LogP contribution is 2.21. The van der Waals surface area contributed by atoms with Gasteiger partial charge in [0.25, 0.3) is 0 Å². The van der Waals surface area contributed by atoms with Gasteiger partial charge in [-0.2, -0.15) is 0 Å². The average Bonchev–Trinajstić information content (AvgIpc) is 2.37. The fourth-order valence-electron chi connectivity index (χ4n) is 1.63. The third kappa shape index (κ3) is 2.72. The molecule has 88 valence electrons. The normalized spacial score (nSPS) is 11.7. The summed E-state index contributed by atoms with van der Waals surface area (Å²) in [6.45, 7) is 2.81. The summed E-state index contributed by atoms with van der Waals surface area (Å²) in [5.41, 5.74) is 6.74. The van der Waals surface area contributed by atoms with Crippen molar-refractivity contribution in [3.05, 3.63) is 36.7 Å². The average molecular weight is 228 g/mol. The molecule has 0 spiro atoms. The molecule has 0 aliphatic rings. The van der Waals surface area contributed by atoms with Crippen LogP contribution in [-0.4, -0.2) is 17.5 Å². The second kappa shape index (κ2) is 5.30. The van der Waals surface area contributed by atoms with Gasteiger partial charge >= 0.3 is 0 Å². The van der Waals surface area contributed by atoms with E-state index in [9.17, 15) is 0 Å². The van der Waals surface area contributed by atoms with Crippen LogP contribution in [0, 0.1) is 0 Å². The molecule has 2 aromatic rings. The number of rotatable bonds is 3. The van der Waals surface area contributed by atoms with Crippen molar-refractivity contribution in [3.63, 3.8) is 0 Å². The first kappa shape index (κ1) is 11.4. The second-order valence-corrected chi connectivity index (χ2v) is 3.79. The molecule has 1 aromatic carbocycles. The maximum atomic E-state index is 5.80. The fourth-order valence-corrected chi connectivity index (χ4v) is 1.63. The number of aliphatic imine (C=N–C) groups is 1. The van der Waals surface area contributed by atoms with E-state index in [1.165, 1.54) is 0 Å². The van der Waals surface area contributed by atoms with Crippen LogP contribution in [0.4, 0.5) is 5.69 Å². The SMILES string of the molecule is CCCN=C(N)Nc1cccc2ccncc12. The molecule has 1 aromatic heterocycles. The van der Waals surface area contributed by atoms with E-state index in [0.29, 0.717) is 5.96 Å². The largest absolute Gasteiger partial charge is 0.370 e. The summed E-state index contributed by atoms with van der Waals surface area (Å²) in [6.07, 6.45) is 4.59. The van der Waals surface area contributed by atoms with Gasteiger partial charge in [0, 0.05) is 24.3 Å². The first-order chi connectivity index (χ1) is 8.31. The first-order valence-corrected chi connectivity index (χ1v) is 5.71. The van der Waals surface area contributed by atoms with Crippen molar-refractivity contribution in [1.29, 1.82) is 0 Å². The van der Waals surface area contributed by atoms with Gasteiger partial charge in [-0.05, 0) is 23.9 Å². The Morgan fingerprint density at radius 3 is 3.12 bits per heavy atom. The lowest BCUT2D eigenvalue weighted by Crippen LogP contribution is -2.22. The van der Waals surface area contributed by atoms with Crippen molar-refractivity contribution in [2.24, 2.45) is 10.7 Å². The van der Waals surface area contributed by atoms with Gasteiger partial charge in [-0.3, -0.25) is 9.98 Å².